The molecule has 5 nitrogen and oxygen atoms in total. The van der Waals surface area contributed by atoms with E-state index in [1.807, 2.05) is 0 Å². The molecule has 0 radical (unpaired) electrons. The van der Waals surface area contributed by atoms with E-state index < -0.39 is 6.10 Å². The van der Waals surface area contributed by atoms with Gasteiger partial charge in [-0.15, -0.1) is 0 Å². The first-order valence-corrected chi connectivity index (χ1v) is 3.99. The van der Waals surface area contributed by atoms with E-state index in [4.69, 9.17) is 9.63 Å². The SMILES string of the molecule is Cc1cnoc1C(=O)NC[C@@H](C)O. The van der Waals surface area contributed by atoms with Gasteiger partial charge in [-0.2, -0.15) is 0 Å². The van der Waals surface area contributed by atoms with E-state index in [-0.39, 0.29) is 18.2 Å². The zero-order chi connectivity index (χ0) is 9.84. The summed E-state index contributed by atoms with van der Waals surface area (Å²) >= 11 is 0. The lowest BCUT2D eigenvalue weighted by Crippen LogP contribution is -2.30. The third-order valence-corrected chi connectivity index (χ3v) is 1.51. The molecule has 1 heterocycles. The molecular weight excluding hydrogens is 172 g/mol. The van der Waals surface area contributed by atoms with Gasteiger partial charge in [0.2, 0.25) is 5.76 Å². The standard InChI is InChI=1S/C8H12N2O3/c1-5-3-10-13-7(5)8(12)9-4-6(2)11/h3,6,11H,4H2,1-2H3,(H,9,12)/t6-/m1/s1. The topological polar surface area (TPSA) is 75.4 Å². The number of rotatable bonds is 3. The Bertz CT molecular complexity index is 293. The lowest BCUT2D eigenvalue weighted by molar-refractivity contribution is 0.0886. The molecular formula is C8H12N2O3. The van der Waals surface area contributed by atoms with Crippen LogP contribution in [0.4, 0.5) is 0 Å². The zero-order valence-corrected chi connectivity index (χ0v) is 7.57. The number of aromatic nitrogens is 1. The highest BCUT2D eigenvalue weighted by molar-refractivity contribution is 5.92. The van der Waals surface area contributed by atoms with Gasteiger partial charge in [0.05, 0.1) is 12.3 Å². The first-order chi connectivity index (χ1) is 6.11. The summed E-state index contributed by atoms with van der Waals surface area (Å²) in [7, 11) is 0. The molecule has 1 aromatic rings. The minimum absolute atomic E-state index is 0.195. The van der Waals surface area contributed by atoms with Crippen LogP contribution in [0.2, 0.25) is 0 Å². The predicted molar refractivity (Wildman–Crippen MR) is 45.3 cm³/mol. The van der Waals surface area contributed by atoms with E-state index in [0.29, 0.717) is 5.56 Å². The Labute approximate surface area is 75.7 Å². The van der Waals surface area contributed by atoms with Gasteiger partial charge in [0.15, 0.2) is 0 Å². The van der Waals surface area contributed by atoms with E-state index in [2.05, 4.69) is 10.5 Å². The zero-order valence-electron chi connectivity index (χ0n) is 7.57. The van der Waals surface area contributed by atoms with Gasteiger partial charge < -0.3 is 14.9 Å². The van der Waals surface area contributed by atoms with Crippen LogP contribution in [0.1, 0.15) is 23.0 Å². The van der Waals surface area contributed by atoms with Crippen molar-refractivity contribution < 1.29 is 14.4 Å². The van der Waals surface area contributed by atoms with Crippen LogP contribution in [0.25, 0.3) is 0 Å². The van der Waals surface area contributed by atoms with Crippen molar-refractivity contribution in [1.29, 1.82) is 0 Å². The van der Waals surface area contributed by atoms with Crippen LogP contribution in [-0.4, -0.2) is 28.8 Å². The van der Waals surface area contributed by atoms with Crippen molar-refractivity contribution in [1.82, 2.24) is 10.5 Å². The molecule has 0 spiro atoms. The van der Waals surface area contributed by atoms with Crippen LogP contribution < -0.4 is 5.32 Å². The van der Waals surface area contributed by atoms with Crippen molar-refractivity contribution in [3.63, 3.8) is 0 Å². The minimum atomic E-state index is -0.563. The fraction of sp³-hybridized carbons (Fsp3) is 0.500. The Hall–Kier alpha value is -1.36. The van der Waals surface area contributed by atoms with Crippen LogP contribution in [0.5, 0.6) is 0 Å². The molecule has 0 saturated heterocycles. The third kappa shape index (κ3) is 2.55. The molecule has 5 heteroatoms. The highest BCUT2D eigenvalue weighted by Crippen LogP contribution is 2.04. The summed E-state index contributed by atoms with van der Waals surface area (Å²) in [5.41, 5.74) is 0.683. The Morgan fingerprint density at radius 1 is 1.85 bits per heavy atom. The maximum Gasteiger partial charge on any atom is 0.290 e. The van der Waals surface area contributed by atoms with Crippen LogP contribution in [0, 0.1) is 6.92 Å². The van der Waals surface area contributed by atoms with Crippen molar-refractivity contribution in [2.45, 2.75) is 20.0 Å². The van der Waals surface area contributed by atoms with Crippen LogP contribution in [0.3, 0.4) is 0 Å². The second kappa shape index (κ2) is 4.04. The largest absolute Gasteiger partial charge is 0.392 e. The molecule has 0 fully saturated rings. The van der Waals surface area contributed by atoms with Gasteiger partial charge in [-0.25, -0.2) is 0 Å². The highest BCUT2D eigenvalue weighted by Gasteiger charge is 2.13. The van der Waals surface area contributed by atoms with Gasteiger partial charge in [-0.3, -0.25) is 4.79 Å². The second-order valence-corrected chi connectivity index (χ2v) is 2.90. The van der Waals surface area contributed by atoms with Crippen molar-refractivity contribution in [3.05, 3.63) is 17.5 Å². The summed E-state index contributed by atoms with van der Waals surface area (Å²) in [5, 5.41) is 14.9. The maximum atomic E-state index is 11.3. The van der Waals surface area contributed by atoms with Crippen molar-refractivity contribution in [2.24, 2.45) is 0 Å². The molecule has 1 rings (SSSR count). The summed E-state index contributed by atoms with van der Waals surface area (Å²) in [6, 6.07) is 0. The number of hydrogen-bond donors (Lipinski definition) is 2. The number of hydrogen-bond acceptors (Lipinski definition) is 4. The Morgan fingerprint density at radius 3 is 3.00 bits per heavy atom. The van der Waals surface area contributed by atoms with Gasteiger partial charge in [0.25, 0.3) is 5.91 Å². The Balaban J connectivity index is 2.54. The minimum Gasteiger partial charge on any atom is -0.392 e. The molecule has 0 unspecified atom stereocenters. The van der Waals surface area contributed by atoms with E-state index in [1.54, 1.807) is 13.8 Å². The summed E-state index contributed by atoms with van der Waals surface area (Å²) in [5.74, 6) is -0.156. The third-order valence-electron chi connectivity index (χ3n) is 1.51. The summed E-state index contributed by atoms with van der Waals surface area (Å²) in [6.07, 6.45) is 0.907. The van der Waals surface area contributed by atoms with Crippen LogP contribution in [0.15, 0.2) is 10.7 Å². The lowest BCUT2D eigenvalue weighted by atomic mass is 10.3. The molecule has 0 aliphatic carbocycles. The summed E-state index contributed by atoms with van der Waals surface area (Å²) in [4.78, 5) is 11.3. The summed E-state index contributed by atoms with van der Waals surface area (Å²) < 4.78 is 4.71. The van der Waals surface area contributed by atoms with Crippen LogP contribution >= 0.6 is 0 Å². The normalized spacial score (nSPS) is 12.5. The Kier molecular flexibility index (Phi) is 3.02. The molecule has 0 aliphatic heterocycles. The molecule has 2 N–H and O–H groups in total. The fourth-order valence-electron chi connectivity index (χ4n) is 0.830. The van der Waals surface area contributed by atoms with Gasteiger partial charge >= 0.3 is 0 Å². The lowest BCUT2D eigenvalue weighted by Gasteiger charge is -2.04. The van der Waals surface area contributed by atoms with E-state index in [0.717, 1.165) is 0 Å². The van der Waals surface area contributed by atoms with Gasteiger partial charge in [0.1, 0.15) is 0 Å². The van der Waals surface area contributed by atoms with Crippen molar-refractivity contribution in [2.75, 3.05) is 6.54 Å². The fourth-order valence-corrected chi connectivity index (χ4v) is 0.830. The van der Waals surface area contributed by atoms with Crippen molar-refractivity contribution in [3.8, 4) is 0 Å². The number of carbonyl (C=O) groups excluding carboxylic acids is 1. The molecule has 1 amide bonds. The first-order valence-electron chi connectivity index (χ1n) is 3.99. The molecule has 0 bridgehead atoms. The quantitative estimate of drug-likeness (QED) is 0.698. The molecule has 1 atom stereocenters. The number of nitrogens with zero attached hydrogens (tertiary/aromatic N) is 1. The van der Waals surface area contributed by atoms with Gasteiger partial charge in [-0.1, -0.05) is 5.16 Å². The number of aryl methyl sites for hydroxylation is 1. The molecule has 13 heavy (non-hydrogen) atoms. The Morgan fingerprint density at radius 2 is 2.54 bits per heavy atom. The van der Waals surface area contributed by atoms with Gasteiger partial charge in [-0.05, 0) is 13.8 Å². The summed E-state index contributed by atoms with van der Waals surface area (Å²) in [6.45, 7) is 3.53. The van der Waals surface area contributed by atoms with Crippen molar-refractivity contribution >= 4 is 5.91 Å². The molecule has 1 aromatic heterocycles. The van der Waals surface area contributed by atoms with Crippen LogP contribution in [-0.2, 0) is 0 Å². The van der Waals surface area contributed by atoms with E-state index in [1.165, 1.54) is 6.20 Å². The van der Waals surface area contributed by atoms with E-state index in [9.17, 15) is 4.79 Å². The maximum absolute atomic E-state index is 11.3. The first kappa shape index (κ1) is 9.73. The van der Waals surface area contributed by atoms with E-state index >= 15 is 0 Å². The molecule has 72 valence electrons. The monoisotopic (exact) mass is 184 g/mol. The highest BCUT2D eigenvalue weighted by atomic mass is 16.5. The average molecular weight is 184 g/mol. The van der Waals surface area contributed by atoms with Gasteiger partial charge in [0, 0.05) is 12.1 Å². The number of nitrogens with one attached hydrogen (secondary N) is 1. The smallest absolute Gasteiger partial charge is 0.290 e. The number of aliphatic hydroxyl groups is 1. The second-order valence-electron chi connectivity index (χ2n) is 2.90. The molecule has 0 aliphatic rings. The predicted octanol–water partition coefficient (Wildman–Crippen LogP) is 0.0936. The number of amides is 1. The average Bonchev–Trinajstić information content (AvgIpc) is 2.47. The number of aliphatic hydroxyl groups excluding tert-OH is 1. The number of carbonyl (C=O) groups is 1. The molecule has 0 saturated carbocycles. The molecule has 0 aromatic carbocycles.